The van der Waals surface area contributed by atoms with Crippen LogP contribution in [0.1, 0.15) is 76.0 Å². The highest BCUT2D eigenvalue weighted by Crippen LogP contribution is 2.57. The van der Waals surface area contributed by atoms with E-state index in [9.17, 15) is 9.90 Å². The number of hydrogen-bond donors (Lipinski definition) is 1. The van der Waals surface area contributed by atoms with Crippen molar-refractivity contribution in [2.75, 3.05) is 0 Å². The van der Waals surface area contributed by atoms with Crippen LogP contribution in [0.25, 0.3) is 0 Å². The maximum absolute atomic E-state index is 11.8. The molecule has 22 heavy (non-hydrogen) atoms. The summed E-state index contributed by atoms with van der Waals surface area (Å²) in [6.07, 6.45) is 6.52. The van der Waals surface area contributed by atoms with Crippen LogP contribution in [0, 0.1) is 11.3 Å². The number of aromatic hydroxyl groups is 1. The smallest absolute Gasteiger partial charge is 0.126 e. The minimum Gasteiger partial charge on any atom is -0.508 e. The number of aldehydes is 1. The number of benzene rings is 1. The first kappa shape index (κ1) is 15.6. The Bertz CT molecular complexity index is 604. The highest BCUT2D eigenvalue weighted by molar-refractivity contribution is 5.61. The molecule has 0 saturated heterocycles. The molecule has 0 spiro atoms. The van der Waals surface area contributed by atoms with Gasteiger partial charge in [0, 0.05) is 5.41 Å². The molecule has 2 nitrogen and oxygen atoms in total. The predicted octanol–water partition coefficient (Wildman–Crippen LogP) is 4.72. The van der Waals surface area contributed by atoms with Gasteiger partial charge in [-0.25, -0.2) is 0 Å². The average molecular weight is 300 g/mol. The second-order valence-electron chi connectivity index (χ2n) is 8.21. The number of rotatable bonds is 2. The monoisotopic (exact) mass is 300 g/mol. The zero-order valence-electron chi connectivity index (χ0n) is 14.3. The van der Waals surface area contributed by atoms with Gasteiger partial charge < -0.3 is 9.90 Å². The van der Waals surface area contributed by atoms with Crippen LogP contribution in [0.15, 0.2) is 12.1 Å². The third-order valence-corrected chi connectivity index (χ3v) is 6.44. The first-order valence-corrected chi connectivity index (χ1v) is 8.64. The summed E-state index contributed by atoms with van der Waals surface area (Å²) in [6.45, 7) is 8.69. The Kier molecular flexibility index (Phi) is 3.62. The van der Waals surface area contributed by atoms with Crippen molar-refractivity contribution in [2.45, 2.75) is 71.1 Å². The number of carbonyl (C=O) groups excluding carboxylic acids is 1. The van der Waals surface area contributed by atoms with Gasteiger partial charge in [0.05, 0.1) is 0 Å². The molecule has 1 saturated carbocycles. The molecular formula is C20H28O2. The van der Waals surface area contributed by atoms with Gasteiger partial charge in [-0.15, -0.1) is 0 Å². The fraction of sp³-hybridized carbons (Fsp3) is 0.650. The summed E-state index contributed by atoms with van der Waals surface area (Å²) in [5, 5.41) is 10.5. The quantitative estimate of drug-likeness (QED) is 0.802. The van der Waals surface area contributed by atoms with E-state index >= 15 is 0 Å². The Morgan fingerprint density at radius 3 is 2.64 bits per heavy atom. The molecule has 2 aliphatic carbocycles. The van der Waals surface area contributed by atoms with Gasteiger partial charge in [-0.2, -0.15) is 0 Å². The highest BCUT2D eigenvalue weighted by atomic mass is 16.3. The van der Waals surface area contributed by atoms with Gasteiger partial charge in [0.25, 0.3) is 0 Å². The third-order valence-electron chi connectivity index (χ3n) is 6.44. The molecule has 1 fully saturated rings. The maximum Gasteiger partial charge on any atom is 0.126 e. The zero-order valence-corrected chi connectivity index (χ0v) is 14.3. The van der Waals surface area contributed by atoms with Crippen molar-refractivity contribution < 1.29 is 9.90 Å². The van der Waals surface area contributed by atoms with E-state index in [4.69, 9.17) is 0 Å². The molecule has 2 aliphatic rings. The van der Waals surface area contributed by atoms with Crippen molar-refractivity contribution >= 4 is 6.29 Å². The van der Waals surface area contributed by atoms with Crippen LogP contribution in [-0.2, 0) is 16.6 Å². The molecule has 2 heteroatoms. The van der Waals surface area contributed by atoms with Crippen LogP contribution in [0.5, 0.6) is 5.75 Å². The summed E-state index contributed by atoms with van der Waals surface area (Å²) >= 11 is 0. The second-order valence-corrected chi connectivity index (χ2v) is 8.21. The minimum atomic E-state index is -0.211. The third kappa shape index (κ3) is 2.11. The van der Waals surface area contributed by atoms with Gasteiger partial charge >= 0.3 is 0 Å². The highest BCUT2D eigenvalue weighted by Gasteiger charge is 2.51. The minimum absolute atomic E-state index is 0.0223. The lowest BCUT2D eigenvalue weighted by Crippen LogP contribution is -2.49. The SMILES string of the molecule is CC(C)c1cc2c(cc1O)[C@@]1(C)CCC[C@](C)(C=O)[C@@H]1CC2. The lowest BCUT2D eigenvalue weighted by molar-refractivity contribution is -0.123. The molecule has 1 aromatic rings. The van der Waals surface area contributed by atoms with E-state index in [2.05, 4.69) is 33.8 Å². The second kappa shape index (κ2) is 5.11. The number of fused-ring (bicyclic) bond motifs is 3. The Morgan fingerprint density at radius 2 is 2.00 bits per heavy atom. The van der Waals surface area contributed by atoms with E-state index < -0.39 is 0 Å². The summed E-state index contributed by atoms with van der Waals surface area (Å²) in [5.41, 5.74) is 3.54. The molecule has 0 heterocycles. The standard InChI is InChI=1S/C20H28O2/c1-13(2)15-10-14-6-7-18-19(3,12-21)8-5-9-20(18,4)16(14)11-17(15)22/h10-13,18,22H,5-9H2,1-4H3/t18-,19+,20+/m0/s1. The summed E-state index contributed by atoms with van der Waals surface area (Å²) < 4.78 is 0. The van der Waals surface area contributed by atoms with Gasteiger partial charge in [-0.3, -0.25) is 0 Å². The molecule has 1 N–H and O–H groups in total. The molecule has 0 radical (unpaired) electrons. The van der Waals surface area contributed by atoms with Crippen LogP contribution in [-0.4, -0.2) is 11.4 Å². The molecular weight excluding hydrogens is 272 g/mol. The van der Waals surface area contributed by atoms with Gasteiger partial charge in [0.15, 0.2) is 0 Å². The van der Waals surface area contributed by atoms with E-state index in [1.807, 2.05) is 6.07 Å². The molecule has 1 aromatic carbocycles. The Balaban J connectivity index is 2.13. The molecule has 3 rings (SSSR count). The number of phenolic OH excluding ortho intramolecular Hbond substituents is 1. The van der Waals surface area contributed by atoms with Gasteiger partial charge in [-0.1, -0.05) is 40.2 Å². The van der Waals surface area contributed by atoms with Crippen LogP contribution < -0.4 is 0 Å². The van der Waals surface area contributed by atoms with E-state index in [-0.39, 0.29) is 10.8 Å². The Morgan fingerprint density at radius 1 is 1.27 bits per heavy atom. The van der Waals surface area contributed by atoms with Crippen LogP contribution >= 0.6 is 0 Å². The largest absolute Gasteiger partial charge is 0.508 e. The molecule has 0 aromatic heterocycles. The van der Waals surface area contributed by atoms with Crippen LogP contribution in [0.3, 0.4) is 0 Å². The van der Waals surface area contributed by atoms with Crippen molar-refractivity contribution in [3.8, 4) is 5.75 Å². The Hall–Kier alpha value is -1.31. The fourth-order valence-corrected chi connectivity index (χ4v) is 5.18. The average Bonchev–Trinajstić information content (AvgIpc) is 2.47. The normalized spacial score (nSPS) is 34.1. The van der Waals surface area contributed by atoms with E-state index in [1.165, 1.54) is 17.4 Å². The van der Waals surface area contributed by atoms with E-state index in [0.717, 1.165) is 37.7 Å². The number of phenols is 1. The van der Waals surface area contributed by atoms with Crippen molar-refractivity contribution in [1.29, 1.82) is 0 Å². The molecule has 120 valence electrons. The first-order valence-electron chi connectivity index (χ1n) is 8.64. The van der Waals surface area contributed by atoms with E-state index in [1.54, 1.807) is 0 Å². The number of aryl methyl sites for hydroxylation is 1. The molecule has 0 bridgehead atoms. The van der Waals surface area contributed by atoms with Gasteiger partial charge in [-0.05, 0) is 65.7 Å². The van der Waals surface area contributed by atoms with Crippen molar-refractivity contribution in [1.82, 2.24) is 0 Å². The topological polar surface area (TPSA) is 37.3 Å². The number of hydrogen-bond acceptors (Lipinski definition) is 2. The molecule has 0 amide bonds. The van der Waals surface area contributed by atoms with Gasteiger partial charge in [0.2, 0.25) is 0 Å². The van der Waals surface area contributed by atoms with Crippen molar-refractivity contribution in [3.63, 3.8) is 0 Å². The first-order chi connectivity index (χ1) is 10.3. The lowest BCUT2D eigenvalue weighted by Gasteiger charge is -2.53. The summed E-state index contributed by atoms with van der Waals surface area (Å²) in [5.74, 6) is 1.15. The molecule has 0 aliphatic heterocycles. The molecule has 3 atom stereocenters. The zero-order chi connectivity index (χ0) is 16.1. The van der Waals surface area contributed by atoms with Crippen LogP contribution in [0.2, 0.25) is 0 Å². The summed E-state index contributed by atoms with van der Waals surface area (Å²) in [6, 6.07) is 4.22. The van der Waals surface area contributed by atoms with Crippen molar-refractivity contribution in [3.05, 3.63) is 28.8 Å². The summed E-state index contributed by atoms with van der Waals surface area (Å²) in [4.78, 5) is 11.8. The van der Waals surface area contributed by atoms with E-state index in [0.29, 0.717) is 17.6 Å². The molecule has 0 unspecified atom stereocenters. The predicted molar refractivity (Wildman–Crippen MR) is 89.4 cm³/mol. The van der Waals surface area contributed by atoms with Gasteiger partial charge in [0.1, 0.15) is 12.0 Å². The number of carbonyl (C=O) groups is 1. The fourth-order valence-electron chi connectivity index (χ4n) is 5.18. The maximum atomic E-state index is 11.8. The van der Waals surface area contributed by atoms with Crippen molar-refractivity contribution in [2.24, 2.45) is 11.3 Å². The summed E-state index contributed by atoms with van der Waals surface area (Å²) in [7, 11) is 0. The lowest BCUT2D eigenvalue weighted by atomic mass is 9.50. The Labute approximate surface area is 133 Å². The van der Waals surface area contributed by atoms with Crippen LogP contribution in [0.4, 0.5) is 0 Å².